The molecule has 1 aromatic heterocycles. The highest BCUT2D eigenvalue weighted by molar-refractivity contribution is 5.85. The van der Waals surface area contributed by atoms with E-state index in [9.17, 15) is 0 Å². The number of aromatic nitrogens is 2. The van der Waals surface area contributed by atoms with Crippen LogP contribution in [-0.4, -0.2) is 16.4 Å². The molecule has 0 unspecified atom stereocenters. The predicted molar refractivity (Wildman–Crippen MR) is 55.9 cm³/mol. The molecule has 0 fully saturated rings. The van der Waals surface area contributed by atoms with E-state index in [2.05, 4.69) is 10.2 Å². The summed E-state index contributed by atoms with van der Waals surface area (Å²) in [6.45, 7) is 0. The number of hydrogen-bond donors (Lipinski definition) is 3. The van der Waals surface area contributed by atoms with E-state index in [-0.39, 0.29) is 0 Å². The summed E-state index contributed by atoms with van der Waals surface area (Å²) in [5.41, 5.74) is 9.57. The van der Waals surface area contributed by atoms with Crippen LogP contribution in [0, 0.1) is 5.41 Å². The third kappa shape index (κ3) is 1.35. The van der Waals surface area contributed by atoms with Crippen LogP contribution in [0.1, 0.15) is 17.7 Å². The number of hydrogen-bond acceptors (Lipinski definition) is 3. The summed E-state index contributed by atoms with van der Waals surface area (Å²) in [6.07, 6.45) is 8.50. The van der Waals surface area contributed by atoms with E-state index < -0.39 is 0 Å². The van der Waals surface area contributed by atoms with Gasteiger partial charge < -0.3 is 11.1 Å². The minimum atomic E-state index is 0.783. The van der Waals surface area contributed by atoms with Gasteiger partial charge >= 0.3 is 0 Å². The normalized spacial score (nSPS) is 16.0. The number of nitrogens with two attached hydrogens (primary N) is 1. The van der Waals surface area contributed by atoms with Gasteiger partial charge in [-0.25, -0.2) is 0 Å². The van der Waals surface area contributed by atoms with Gasteiger partial charge in [0.15, 0.2) is 0 Å². The lowest BCUT2D eigenvalue weighted by Gasteiger charge is -2.12. The highest BCUT2D eigenvalue weighted by atomic mass is 15.1. The van der Waals surface area contributed by atoms with Crippen LogP contribution in [0.5, 0.6) is 0 Å². The summed E-state index contributed by atoms with van der Waals surface area (Å²) < 4.78 is 0. The number of H-pyrrole nitrogens is 1. The van der Waals surface area contributed by atoms with Gasteiger partial charge in [0, 0.05) is 18.0 Å². The molecule has 72 valence electrons. The lowest BCUT2D eigenvalue weighted by Crippen LogP contribution is -2.02. The number of rotatable bonds is 2. The zero-order valence-electron chi connectivity index (χ0n) is 7.75. The molecular weight excluding hydrogens is 176 g/mol. The van der Waals surface area contributed by atoms with Gasteiger partial charge in [0.2, 0.25) is 0 Å². The van der Waals surface area contributed by atoms with Crippen LogP contribution in [0.25, 0.3) is 6.08 Å². The molecule has 14 heavy (non-hydrogen) atoms. The second-order valence-corrected chi connectivity index (χ2v) is 3.24. The highest BCUT2D eigenvalue weighted by Crippen LogP contribution is 2.25. The lowest BCUT2D eigenvalue weighted by atomic mass is 9.93. The van der Waals surface area contributed by atoms with Crippen LogP contribution in [-0.2, 0) is 6.42 Å². The van der Waals surface area contributed by atoms with Crippen LogP contribution >= 0.6 is 0 Å². The van der Waals surface area contributed by atoms with Gasteiger partial charge in [-0.2, -0.15) is 5.10 Å². The first kappa shape index (κ1) is 8.74. The molecule has 4 N–H and O–H groups in total. The van der Waals surface area contributed by atoms with Gasteiger partial charge in [0.25, 0.3) is 0 Å². The Kier molecular flexibility index (Phi) is 2.18. The van der Waals surface area contributed by atoms with Crippen LogP contribution in [0.3, 0.4) is 0 Å². The smallest absolute Gasteiger partial charge is 0.0612 e. The third-order valence-corrected chi connectivity index (χ3v) is 2.44. The molecular formula is C10H12N4. The Balaban J connectivity index is 2.38. The fourth-order valence-corrected chi connectivity index (χ4v) is 1.64. The first-order valence-corrected chi connectivity index (χ1v) is 4.50. The molecule has 4 nitrogen and oxygen atoms in total. The Bertz CT molecular complexity index is 412. The molecule has 0 spiro atoms. The van der Waals surface area contributed by atoms with Crippen LogP contribution in [0.2, 0.25) is 0 Å². The van der Waals surface area contributed by atoms with Crippen LogP contribution < -0.4 is 5.73 Å². The molecule has 0 saturated carbocycles. The number of fused-ring (bicyclic) bond motifs is 1. The van der Waals surface area contributed by atoms with E-state index in [0.29, 0.717) is 0 Å². The molecule has 0 atom stereocenters. The lowest BCUT2D eigenvalue weighted by molar-refractivity contribution is 0.942. The number of aromatic amines is 1. The molecule has 0 bridgehead atoms. The van der Waals surface area contributed by atoms with Crippen molar-refractivity contribution < 1.29 is 0 Å². The van der Waals surface area contributed by atoms with E-state index in [0.717, 1.165) is 29.7 Å². The number of allylic oxidation sites excluding steroid dienone is 2. The zero-order valence-corrected chi connectivity index (χ0v) is 7.75. The molecule has 2 rings (SSSR count). The SMILES string of the molecule is N=C/C(=C\N)C1=Cc2[nH]ncc2CC1. The fraction of sp³-hybridized carbons (Fsp3) is 0.200. The molecule has 1 aromatic rings. The van der Waals surface area contributed by atoms with E-state index in [1.807, 2.05) is 12.3 Å². The quantitative estimate of drug-likeness (QED) is 0.610. The first-order valence-electron chi connectivity index (χ1n) is 4.50. The van der Waals surface area contributed by atoms with E-state index >= 15 is 0 Å². The predicted octanol–water partition coefficient (Wildman–Crippen LogP) is 1.23. The van der Waals surface area contributed by atoms with Crippen LogP contribution in [0.15, 0.2) is 23.5 Å². The Morgan fingerprint density at radius 2 is 2.43 bits per heavy atom. The minimum absolute atomic E-state index is 0.783. The second-order valence-electron chi connectivity index (χ2n) is 3.24. The molecule has 0 saturated heterocycles. The van der Waals surface area contributed by atoms with Crippen LogP contribution in [0.4, 0.5) is 0 Å². The molecule has 0 radical (unpaired) electrons. The topological polar surface area (TPSA) is 78.5 Å². The summed E-state index contributed by atoms with van der Waals surface area (Å²) >= 11 is 0. The van der Waals surface area contributed by atoms with Crippen molar-refractivity contribution >= 4 is 12.3 Å². The summed E-state index contributed by atoms with van der Waals surface area (Å²) in [7, 11) is 0. The number of nitrogens with one attached hydrogen (secondary N) is 2. The average Bonchev–Trinajstić information content (AvgIpc) is 2.66. The van der Waals surface area contributed by atoms with E-state index in [4.69, 9.17) is 11.1 Å². The standard InChI is InChI=1S/C10H12N4/c11-4-9(5-12)7-1-2-8-6-13-14-10(8)3-7/h3-6,11H,1-2,12H2,(H,13,14)/b9-5+,11-4?. The van der Waals surface area contributed by atoms with Crippen molar-refractivity contribution in [1.29, 1.82) is 5.41 Å². The number of aryl methyl sites for hydroxylation is 1. The Morgan fingerprint density at radius 1 is 1.57 bits per heavy atom. The Hall–Kier alpha value is -1.84. The van der Waals surface area contributed by atoms with Gasteiger partial charge in [-0.3, -0.25) is 5.10 Å². The average molecular weight is 188 g/mol. The molecule has 0 aromatic carbocycles. The minimum Gasteiger partial charge on any atom is -0.404 e. The largest absolute Gasteiger partial charge is 0.404 e. The van der Waals surface area contributed by atoms with Gasteiger partial charge in [-0.15, -0.1) is 0 Å². The summed E-state index contributed by atoms with van der Waals surface area (Å²) in [4.78, 5) is 0. The fourth-order valence-electron chi connectivity index (χ4n) is 1.64. The van der Waals surface area contributed by atoms with Crippen molar-refractivity contribution in [2.45, 2.75) is 12.8 Å². The molecule has 1 aliphatic rings. The molecule has 4 heteroatoms. The summed E-state index contributed by atoms with van der Waals surface area (Å²) in [5.74, 6) is 0. The Labute approximate surface area is 82.0 Å². The third-order valence-electron chi connectivity index (χ3n) is 2.44. The maximum absolute atomic E-state index is 7.20. The van der Waals surface area contributed by atoms with Gasteiger partial charge in [-0.05, 0) is 30.1 Å². The van der Waals surface area contributed by atoms with E-state index in [1.54, 1.807) is 0 Å². The maximum Gasteiger partial charge on any atom is 0.0612 e. The maximum atomic E-state index is 7.20. The first-order chi connectivity index (χ1) is 6.85. The van der Waals surface area contributed by atoms with Crippen molar-refractivity contribution in [3.63, 3.8) is 0 Å². The molecule has 1 aliphatic carbocycles. The van der Waals surface area contributed by atoms with Crippen molar-refractivity contribution in [2.75, 3.05) is 0 Å². The monoisotopic (exact) mass is 188 g/mol. The Morgan fingerprint density at radius 3 is 3.14 bits per heavy atom. The highest BCUT2D eigenvalue weighted by Gasteiger charge is 2.13. The van der Waals surface area contributed by atoms with Crippen molar-refractivity contribution in [1.82, 2.24) is 10.2 Å². The summed E-state index contributed by atoms with van der Waals surface area (Å²) in [6, 6.07) is 0. The van der Waals surface area contributed by atoms with Crippen molar-refractivity contribution in [3.8, 4) is 0 Å². The zero-order chi connectivity index (χ0) is 9.97. The van der Waals surface area contributed by atoms with Crippen molar-refractivity contribution in [2.24, 2.45) is 5.73 Å². The van der Waals surface area contributed by atoms with Gasteiger partial charge in [-0.1, -0.05) is 0 Å². The number of nitrogens with zero attached hydrogens (tertiary/aromatic N) is 1. The van der Waals surface area contributed by atoms with E-state index in [1.165, 1.54) is 18.0 Å². The second kappa shape index (κ2) is 3.49. The van der Waals surface area contributed by atoms with Gasteiger partial charge in [0.1, 0.15) is 0 Å². The molecule has 0 amide bonds. The summed E-state index contributed by atoms with van der Waals surface area (Å²) in [5, 5.41) is 14.1. The molecule has 0 aliphatic heterocycles. The molecule has 1 heterocycles. The van der Waals surface area contributed by atoms with Gasteiger partial charge in [0.05, 0.1) is 11.9 Å². The van der Waals surface area contributed by atoms with Crippen molar-refractivity contribution in [3.05, 3.63) is 34.8 Å².